The molecule has 0 aromatic heterocycles. The van der Waals surface area contributed by atoms with Gasteiger partial charge in [0.05, 0.1) is 0 Å². The largest absolute Gasteiger partial charge is 0.311 e. The van der Waals surface area contributed by atoms with E-state index in [9.17, 15) is 0 Å². The Hall–Kier alpha value is -0.0400. The number of rotatable bonds is 2. The van der Waals surface area contributed by atoms with Crippen molar-refractivity contribution in [2.45, 2.75) is 91.6 Å². The predicted molar refractivity (Wildman–Crippen MR) is 79.8 cm³/mol. The first-order chi connectivity index (χ1) is 8.27. The van der Waals surface area contributed by atoms with Crippen molar-refractivity contribution in [1.82, 2.24) is 5.32 Å². The molecule has 1 heteroatoms. The lowest BCUT2D eigenvalue weighted by atomic mass is 9.70. The van der Waals surface area contributed by atoms with Gasteiger partial charge in [0.15, 0.2) is 0 Å². The van der Waals surface area contributed by atoms with E-state index in [1.807, 2.05) is 0 Å². The van der Waals surface area contributed by atoms with Crippen LogP contribution < -0.4 is 5.32 Å². The molecule has 2 unspecified atom stereocenters. The summed E-state index contributed by atoms with van der Waals surface area (Å²) in [6.45, 7) is 12.2. The maximum absolute atomic E-state index is 3.98. The zero-order chi connectivity index (χ0) is 13.4. The van der Waals surface area contributed by atoms with Gasteiger partial charge < -0.3 is 5.32 Å². The van der Waals surface area contributed by atoms with Gasteiger partial charge in [-0.05, 0) is 61.7 Å². The smallest absolute Gasteiger partial charge is 0.00956 e. The Labute approximate surface area is 114 Å². The van der Waals surface area contributed by atoms with Crippen LogP contribution in [-0.2, 0) is 0 Å². The molecule has 1 N–H and O–H groups in total. The van der Waals surface area contributed by atoms with Gasteiger partial charge in [-0.1, -0.05) is 34.6 Å². The molecular formula is C17H33N. The van der Waals surface area contributed by atoms with Crippen molar-refractivity contribution < 1.29 is 0 Å². The highest BCUT2D eigenvalue weighted by molar-refractivity contribution is 4.90. The summed E-state index contributed by atoms with van der Waals surface area (Å²) in [6.07, 6.45) is 9.75. The zero-order valence-electron chi connectivity index (χ0n) is 13.2. The Morgan fingerprint density at radius 3 is 1.94 bits per heavy atom. The molecule has 0 saturated heterocycles. The molecule has 1 nitrogen and oxygen atoms in total. The highest BCUT2D eigenvalue weighted by atomic mass is 15.0. The van der Waals surface area contributed by atoms with Crippen LogP contribution in [0.3, 0.4) is 0 Å². The summed E-state index contributed by atoms with van der Waals surface area (Å²) in [4.78, 5) is 0. The standard InChI is InChI=1S/C17H33N/c1-13-12-17(4,5)11-8-15(13)18-14-6-9-16(2,3)10-7-14/h13-15,18H,6-12H2,1-5H3. The maximum Gasteiger partial charge on any atom is 0.00956 e. The quantitative estimate of drug-likeness (QED) is 0.746. The second-order valence-electron chi connectivity index (χ2n) is 8.60. The normalized spacial score (nSPS) is 36.5. The van der Waals surface area contributed by atoms with Gasteiger partial charge in [-0.3, -0.25) is 0 Å². The third-order valence-corrected chi connectivity index (χ3v) is 5.48. The first-order valence-corrected chi connectivity index (χ1v) is 8.04. The Morgan fingerprint density at radius 1 is 0.833 bits per heavy atom. The molecule has 0 radical (unpaired) electrons. The molecule has 106 valence electrons. The summed E-state index contributed by atoms with van der Waals surface area (Å²) in [5.41, 5.74) is 1.17. The third kappa shape index (κ3) is 3.73. The lowest BCUT2D eigenvalue weighted by Gasteiger charge is -2.43. The minimum atomic E-state index is 0.576. The zero-order valence-corrected chi connectivity index (χ0v) is 13.2. The average molecular weight is 251 g/mol. The van der Waals surface area contributed by atoms with Crippen LogP contribution in [0.25, 0.3) is 0 Å². The van der Waals surface area contributed by atoms with Crippen molar-refractivity contribution in [3.63, 3.8) is 0 Å². The lowest BCUT2D eigenvalue weighted by Crippen LogP contribution is -2.47. The molecule has 0 amide bonds. The van der Waals surface area contributed by atoms with Crippen molar-refractivity contribution in [3.05, 3.63) is 0 Å². The van der Waals surface area contributed by atoms with Gasteiger partial charge in [0.1, 0.15) is 0 Å². The topological polar surface area (TPSA) is 12.0 Å². The lowest BCUT2D eigenvalue weighted by molar-refractivity contribution is 0.123. The van der Waals surface area contributed by atoms with Crippen LogP contribution in [0.15, 0.2) is 0 Å². The third-order valence-electron chi connectivity index (χ3n) is 5.48. The van der Waals surface area contributed by atoms with Crippen molar-refractivity contribution in [2.75, 3.05) is 0 Å². The van der Waals surface area contributed by atoms with Crippen LogP contribution in [0.5, 0.6) is 0 Å². The molecule has 0 bridgehead atoms. The highest BCUT2D eigenvalue weighted by Crippen LogP contribution is 2.40. The van der Waals surface area contributed by atoms with E-state index in [0.717, 1.165) is 18.0 Å². The van der Waals surface area contributed by atoms with Crippen molar-refractivity contribution >= 4 is 0 Å². The first-order valence-electron chi connectivity index (χ1n) is 8.04. The minimum Gasteiger partial charge on any atom is -0.311 e. The second-order valence-corrected chi connectivity index (χ2v) is 8.60. The summed E-state index contributed by atoms with van der Waals surface area (Å²) < 4.78 is 0. The molecule has 0 heterocycles. The minimum absolute atomic E-state index is 0.576. The van der Waals surface area contributed by atoms with E-state index in [2.05, 4.69) is 39.9 Å². The fourth-order valence-electron chi connectivity index (χ4n) is 4.06. The van der Waals surface area contributed by atoms with Gasteiger partial charge in [-0.25, -0.2) is 0 Å². The van der Waals surface area contributed by atoms with Crippen molar-refractivity contribution in [2.24, 2.45) is 16.7 Å². The van der Waals surface area contributed by atoms with Crippen LogP contribution in [0.2, 0.25) is 0 Å². The van der Waals surface area contributed by atoms with Gasteiger partial charge in [-0.15, -0.1) is 0 Å². The fraction of sp³-hybridized carbons (Fsp3) is 1.00. The summed E-state index contributed by atoms with van der Waals surface area (Å²) >= 11 is 0. The van der Waals surface area contributed by atoms with Gasteiger partial charge in [0.25, 0.3) is 0 Å². The summed E-state index contributed by atoms with van der Waals surface area (Å²) in [5, 5.41) is 3.98. The Kier molecular flexibility index (Phi) is 4.11. The van der Waals surface area contributed by atoms with Crippen LogP contribution >= 0.6 is 0 Å². The monoisotopic (exact) mass is 251 g/mol. The second kappa shape index (κ2) is 5.15. The molecule has 2 saturated carbocycles. The molecule has 0 aliphatic heterocycles. The molecule has 2 atom stereocenters. The van der Waals surface area contributed by atoms with Crippen molar-refractivity contribution in [3.8, 4) is 0 Å². The molecule has 0 spiro atoms. The van der Waals surface area contributed by atoms with Crippen molar-refractivity contribution in [1.29, 1.82) is 0 Å². The van der Waals surface area contributed by atoms with Crippen LogP contribution in [0, 0.1) is 16.7 Å². The van der Waals surface area contributed by atoms with Gasteiger partial charge >= 0.3 is 0 Å². The van der Waals surface area contributed by atoms with E-state index in [1.165, 1.54) is 44.9 Å². The van der Waals surface area contributed by atoms with E-state index >= 15 is 0 Å². The van der Waals surface area contributed by atoms with E-state index in [1.54, 1.807) is 0 Å². The van der Waals surface area contributed by atoms with Gasteiger partial charge in [0, 0.05) is 12.1 Å². The Morgan fingerprint density at radius 2 is 1.39 bits per heavy atom. The van der Waals surface area contributed by atoms with Gasteiger partial charge in [0.2, 0.25) is 0 Å². The molecule has 2 fully saturated rings. The highest BCUT2D eigenvalue weighted by Gasteiger charge is 2.34. The molecule has 0 aromatic rings. The predicted octanol–water partition coefficient (Wildman–Crippen LogP) is 4.76. The Balaban J connectivity index is 1.81. The summed E-state index contributed by atoms with van der Waals surface area (Å²) in [7, 11) is 0. The molecular weight excluding hydrogens is 218 g/mol. The summed E-state index contributed by atoms with van der Waals surface area (Å²) in [6, 6.07) is 1.58. The molecule has 0 aromatic carbocycles. The van der Waals surface area contributed by atoms with Crippen LogP contribution in [0.4, 0.5) is 0 Å². The molecule has 2 aliphatic rings. The van der Waals surface area contributed by atoms with E-state index in [4.69, 9.17) is 0 Å². The van der Waals surface area contributed by atoms with E-state index in [0.29, 0.717) is 10.8 Å². The number of hydrogen-bond donors (Lipinski definition) is 1. The Bertz CT molecular complexity index is 269. The van der Waals surface area contributed by atoms with Crippen LogP contribution in [0.1, 0.15) is 79.6 Å². The average Bonchev–Trinajstić information content (AvgIpc) is 2.24. The molecule has 2 rings (SSSR count). The number of hydrogen-bond acceptors (Lipinski definition) is 1. The summed E-state index contributed by atoms with van der Waals surface area (Å²) in [5.74, 6) is 0.851. The SMILES string of the molecule is CC1CC(C)(C)CCC1NC1CCC(C)(C)CC1. The number of nitrogens with one attached hydrogen (secondary N) is 1. The fourth-order valence-corrected chi connectivity index (χ4v) is 4.06. The maximum atomic E-state index is 3.98. The molecule has 18 heavy (non-hydrogen) atoms. The van der Waals surface area contributed by atoms with E-state index < -0.39 is 0 Å². The van der Waals surface area contributed by atoms with Gasteiger partial charge in [-0.2, -0.15) is 0 Å². The van der Waals surface area contributed by atoms with Crippen LogP contribution in [-0.4, -0.2) is 12.1 Å². The molecule has 2 aliphatic carbocycles. The van der Waals surface area contributed by atoms with E-state index in [-0.39, 0.29) is 0 Å². The first kappa shape index (κ1) is 14.4.